The van der Waals surface area contributed by atoms with Crippen molar-refractivity contribution >= 4 is 0 Å². The molecule has 1 rings (SSSR count). The van der Waals surface area contributed by atoms with Crippen molar-refractivity contribution in [3.63, 3.8) is 0 Å². The zero-order chi connectivity index (χ0) is 13.9. The van der Waals surface area contributed by atoms with Gasteiger partial charge in [-0.15, -0.1) is 0 Å². The minimum Gasteiger partial charge on any atom is -0.388 e. The molecular weight excluding hydrogens is 252 g/mol. The van der Waals surface area contributed by atoms with Gasteiger partial charge in [0.15, 0.2) is 0 Å². The van der Waals surface area contributed by atoms with E-state index in [9.17, 15) is 22.7 Å². The summed E-state index contributed by atoms with van der Waals surface area (Å²) in [4.78, 5) is 0. The number of benzene rings is 1. The number of hydrogen-bond acceptors (Lipinski definition) is 2. The maximum atomic E-state index is 13.1. The van der Waals surface area contributed by atoms with E-state index in [1.165, 1.54) is 7.11 Å². The molecule has 0 aliphatic heterocycles. The molecule has 0 aromatic heterocycles. The number of rotatable bonds is 4. The fraction of sp³-hybridized carbons (Fsp3) is 0.500. The molecule has 1 aromatic rings. The summed E-state index contributed by atoms with van der Waals surface area (Å²) in [5.41, 5.74) is -1.35. The van der Waals surface area contributed by atoms with Gasteiger partial charge in [-0.1, -0.05) is 13.0 Å². The third-order valence-electron chi connectivity index (χ3n) is 2.61. The van der Waals surface area contributed by atoms with Crippen LogP contribution in [0.5, 0.6) is 0 Å². The van der Waals surface area contributed by atoms with Crippen molar-refractivity contribution < 1.29 is 27.4 Å². The largest absolute Gasteiger partial charge is 0.419 e. The average Bonchev–Trinajstić information content (AvgIpc) is 2.27. The van der Waals surface area contributed by atoms with E-state index >= 15 is 0 Å². The second-order valence-corrected chi connectivity index (χ2v) is 4.11. The van der Waals surface area contributed by atoms with Crippen LogP contribution in [-0.4, -0.2) is 18.8 Å². The van der Waals surface area contributed by atoms with Gasteiger partial charge in [0.2, 0.25) is 0 Å². The molecule has 2 atom stereocenters. The molecule has 2 nitrogen and oxygen atoms in total. The Balaban J connectivity index is 3.05. The quantitative estimate of drug-likeness (QED) is 0.848. The zero-order valence-corrected chi connectivity index (χ0v) is 9.96. The molecule has 0 saturated carbocycles. The van der Waals surface area contributed by atoms with Gasteiger partial charge < -0.3 is 9.84 Å². The van der Waals surface area contributed by atoms with Crippen LogP contribution in [0.1, 0.15) is 24.2 Å². The highest BCUT2D eigenvalue weighted by Crippen LogP contribution is 2.34. The number of aliphatic hydroxyl groups excluding tert-OH is 1. The van der Waals surface area contributed by atoms with Crippen LogP contribution < -0.4 is 0 Å². The van der Waals surface area contributed by atoms with E-state index in [0.29, 0.717) is 12.1 Å². The lowest BCUT2D eigenvalue weighted by Gasteiger charge is -2.19. The molecule has 0 bridgehead atoms. The lowest BCUT2D eigenvalue weighted by atomic mass is 9.96. The van der Waals surface area contributed by atoms with E-state index in [0.717, 1.165) is 6.07 Å². The van der Waals surface area contributed by atoms with Crippen molar-refractivity contribution in [3.8, 4) is 0 Å². The lowest BCUT2D eigenvalue weighted by Crippen LogP contribution is -2.16. The summed E-state index contributed by atoms with van der Waals surface area (Å²) in [6.45, 7) is 1.82. The minimum absolute atomic E-state index is 0.0216. The Kier molecular flexibility index (Phi) is 4.70. The Labute approximate surface area is 102 Å². The normalized spacial score (nSPS) is 15.5. The van der Waals surface area contributed by atoms with Crippen molar-refractivity contribution in [2.24, 2.45) is 5.92 Å². The molecule has 0 spiro atoms. The van der Waals surface area contributed by atoms with Crippen LogP contribution >= 0.6 is 0 Å². The van der Waals surface area contributed by atoms with Gasteiger partial charge in [0.25, 0.3) is 0 Å². The molecule has 18 heavy (non-hydrogen) atoms. The first-order chi connectivity index (χ1) is 8.27. The molecule has 1 N–H and O–H groups in total. The third-order valence-corrected chi connectivity index (χ3v) is 2.61. The zero-order valence-electron chi connectivity index (χ0n) is 9.96. The molecule has 0 aliphatic carbocycles. The fourth-order valence-corrected chi connectivity index (χ4v) is 1.63. The summed E-state index contributed by atoms with van der Waals surface area (Å²) in [5.74, 6) is -1.74. The van der Waals surface area contributed by atoms with Crippen molar-refractivity contribution in [2.75, 3.05) is 13.7 Å². The molecule has 0 amide bonds. The van der Waals surface area contributed by atoms with Crippen molar-refractivity contribution in [3.05, 3.63) is 35.1 Å². The SMILES string of the molecule is COCC(C)C(O)c1ccc(F)c(C(F)(F)F)c1. The molecule has 2 unspecified atom stereocenters. The highest BCUT2D eigenvalue weighted by atomic mass is 19.4. The number of ether oxygens (including phenoxy) is 1. The van der Waals surface area contributed by atoms with E-state index in [1.807, 2.05) is 0 Å². The molecule has 0 fully saturated rings. The average molecular weight is 266 g/mol. The Hall–Kier alpha value is -1.14. The smallest absolute Gasteiger partial charge is 0.388 e. The van der Waals surface area contributed by atoms with Crippen LogP contribution in [0.25, 0.3) is 0 Å². The highest BCUT2D eigenvalue weighted by molar-refractivity contribution is 5.29. The molecule has 6 heteroatoms. The summed E-state index contributed by atoms with van der Waals surface area (Å²) < 4.78 is 55.3. The predicted molar refractivity (Wildman–Crippen MR) is 57.4 cm³/mol. The number of halogens is 4. The summed E-state index contributed by atoms with van der Waals surface area (Å²) >= 11 is 0. The van der Waals surface area contributed by atoms with Crippen LogP contribution in [0, 0.1) is 11.7 Å². The standard InChI is InChI=1S/C12H14F4O2/c1-7(6-18-2)11(17)8-3-4-10(13)9(5-8)12(14,15)16/h3-5,7,11,17H,6H2,1-2H3. The predicted octanol–water partition coefficient (Wildman–Crippen LogP) is 3.16. The van der Waals surface area contributed by atoms with Gasteiger partial charge in [-0.25, -0.2) is 4.39 Å². The van der Waals surface area contributed by atoms with E-state index < -0.39 is 23.7 Å². The second kappa shape index (κ2) is 5.67. The Morgan fingerprint density at radius 3 is 2.44 bits per heavy atom. The van der Waals surface area contributed by atoms with Gasteiger partial charge in [-0.3, -0.25) is 0 Å². The summed E-state index contributed by atoms with van der Waals surface area (Å²) in [6.07, 6.45) is -5.91. The summed E-state index contributed by atoms with van der Waals surface area (Å²) in [7, 11) is 1.43. The first kappa shape index (κ1) is 14.9. The highest BCUT2D eigenvalue weighted by Gasteiger charge is 2.35. The van der Waals surface area contributed by atoms with Crippen LogP contribution in [-0.2, 0) is 10.9 Å². The van der Waals surface area contributed by atoms with Gasteiger partial charge in [-0.2, -0.15) is 13.2 Å². The molecule has 0 radical (unpaired) electrons. The molecule has 1 aromatic carbocycles. The Morgan fingerprint density at radius 1 is 1.33 bits per heavy atom. The number of hydrogen-bond donors (Lipinski definition) is 1. The van der Waals surface area contributed by atoms with Gasteiger partial charge >= 0.3 is 6.18 Å². The van der Waals surface area contributed by atoms with Crippen molar-refractivity contribution in [2.45, 2.75) is 19.2 Å². The Morgan fingerprint density at radius 2 is 1.94 bits per heavy atom. The van der Waals surface area contributed by atoms with Crippen LogP contribution in [0.4, 0.5) is 17.6 Å². The number of alkyl halides is 3. The van der Waals surface area contributed by atoms with Gasteiger partial charge in [-0.05, 0) is 17.7 Å². The van der Waals surface area contributed by atoms with Crippen molar-refractivity contribution in [1.82, 2.24) is 0 Å². The van der Waals surface area contributed by atoms with Gasteiger partial charge in [0.1, 0.15) is 5.82 Å². The maximum absolute atomic E-state index is 13.1. The molecule has 0 aliphatic rings. The van der Waals surface area contributed by atoms with Gasteiger partial charge in [0.05, 0.1) is 18.3 Å². The fourth-order valence-electron chi connectivity index (χ4n) is 1.63. The molecular formula is C12H14F4O2. The van der Waals surface area contributed by atoms with Crippen molar-refractivity contribution in [1.29, 1.82) is 0 Å². The monoisotopic (exact) mass is 266 g/mol. The van der Waals surface area contributed by atoms with Crippen LogP contribution in [0.15, 0.2) is 18.2 Å². The van der Waals surface area contributed by atoms with E-state index in [2.05, 4.69) is 0 Å². The first-order valence-corrected chi connectivity index (χ1v) is 5.31. The van der Waals surface area contributed by atoms with Crippen LogP contribution in [0.2, 0.25) is 0 Å². The van der Waals surface area contributed by atoms with Gasteiger partial charge in [0, 0.05) is 13.0 Å². The molecule has 0 heterocycles. The van der Waals surface area contributed by atoms with E-state index in [1.54, 1.807) is 6.92 Å². The summed E-state index contributed by atoms with van der Waals surface area (Å²) in [5, 5.41) is 9.83. The first-order valence-electron chi connectivity index (χ1n) is 5.31. The van der Waals surface area contributed by atoms with E-state index in [-0.39, 0.29) is 18.1 Å². The number of aliphatic hydroxyl groups is 1. The van der Waals surface area contributed by atoms with E-state index in [4.69, 9.17) is 4.74 Å². The molecule has 102 valence electrons. The van der Waals surface area contributed by atoms with Crippen LogP contribution in [0.3, 0.4) is 0 Å². The topological polar surface area (TPSA) is 29.5 Å². The lowest BCUT2D eigenvalue weighted by molar-refractivity contribution is -0.140. The maximum Gasteiger partial charge on any atom is 0.419 e. The third kappa shape index (κ3) is 3.43. The minimum atomic E-state index is -4.77. The molecule has 0 saturated heterocycles. The summed E-state index contributed by atoms with van der Waals surface area (Å²) in [6, 6.07) is 2.48. The Bertz CT molecular complexity index is 404. The second-order valence-electron chi connectivity index (χ2n) is 4.11. The number of methoxy groups -OCH3 is 1.